The first kappa shape index (κ1) is 29.0. The van der Waals surface area contributed by atoms with E-state index in [1.807, 2.05) is 0 Å². The van der Waals surface area contributed by atoms with Gasteiger partial charge in [-0.2, -0.15) is 0 Å². The Morgan fingerprint density at radius 1 is 0.759 bits per heavy atom. The molecule has 0 aromatic carbocycles. The summed E-state index contributed by atoms with van der Waals surface area (Å²) in [6.07, 6.45) is 0.659. The van der Waals surface area contributed by atoms with Gasteiger partial charge in [-0.3, -0.25) is 4.79 Å². The van der Waals surface area contributed by atoms with Crippen molar-refractivity contribution >= 4 is 30.8 Å². The molecular formula is C22H51NO3Si3. The minimum atomic E-state index is -2.16. The van der Waals surface area contributed by atoms with Crippen LogP contribution in [0.3, 0.4) is 0 Å². The number of hydrogen-bond donors (Lipinski definition) is 1. The molecule has 0 heterocycles. The highest BCUT2D eigenvalue weighted by Gasteiger charge is 2.44. The van der Waals surface area contributed by atoms with Crippen molar-refractivity contribution in [1.29, 1.82) is 0 Å². The van der Waals surface area contributed by atoms with Crippen LogP contribution in [0.2, 0.25) is 54.4 Å². The van der Waals surface area contributed by atoms with Crippen molar-refractivity contribution in [3.8, 4) is 0 Å². The lowest BCUT2D eigenvalue weighted by molar-refractivity contribution is -0.137. The minimum Gasteiger partial charge on any atom is -0.518 e. The summed E-state index contributed by atoms with van der Waals surface area (Å²) in [4.78, 5) is 17.0. The lowest BCUT2D eigenvalue weighted by atomic mass is 10.2. The molecule has 0 rings (SSSR count). The standard InChI is InChI=1S/C22H51NO3Si3/c1-20(2,3)27(10,11)23-18(16-17-25-28(12,13)21(4,5)6)19(24)26-29(14,15)22(7,8)9/h18,23H,16-17H2,1-15H3. The number of rotatable bonds is 8. The van der Waals surface area contributed by atoms with E-state index in [4.69, 9.17) is 8.85 Å². The van der Waals surface area contributed by atoms with Gasteiger partial charge in [0.05, 0.1) is 0 Å². The smallest absolute Gasteiger partial charge is 0.309 e. The zero-order valence-corrected chi connectivity index (χ0v) is 25.2. The summed E-state index contributed by atoms with van der Waals surface area (Å²) in [5.74, 6) is -0.0970. The molecule has 0 saturated carbocycles. The fraction of sp³-hybridized carbons (Fsp3) is 0.955. The molecule has 0 aromatic heterocycles. The maximum absolute atomic E-state index is 13.3. The molecule has 0 amide bonds. The average Bonchev–Trinajstić information content (AvgIpc) is 2.41. The Hall–Kier alpha value is 0.0406. The van der Waals surface area contributed by atoms with Crippen molar-refractivity contribution in [3.05, 3.63) is 0 Å². The normalized spacial score (nSPS) is 16.0. The van der Waals surface area contributed by atoms with E-state index in [0.717, 1.165) is 0 Å². The summed E-state index contributed by atoms with van der Waals surface area (Å²) in [5.41, 5.74) is 0. The minimum absolute atomic E-state index is 0.00181. The Balaban J connectivity index is 5.50. The van der Waals surface area contributed by atoms with Crippen molar-refractivity contribution in [2.75, 3.05) is 6.61 Å². The van der Waals surface area contributed by atoms with E-state index < -0.39 is 24.9 Å². The lowest BCUT2D eigenvalue weighted by Gasteiger charge is -2.42. The van der Waals surface area contributed by atoms with Gasteiger partial charge in [0.25, 0.3) is 8.32 Å². The van der Waals surface area contributed by atoms with Gasteiger partial charge in [0, 0.05) is 6.61 Å². The SMILES string of the molecule is CC(C)(C)[Si](C)(C)NC(CCO[Si](C)(C)C(C)(C)C)C(=O)O[Si](C)(C)C(C)(C)C. The van der Waals surface area contributed by atoms with Gasteiger partial charge in [-0.25, -0.2) is 0 Å². The fourth-order valence-electron chi connectivity index (χ4n) is 2.03. The number of nitrogens with one attached hydrogen (secondary N) is 1. The van der Waals surface area contributed by atoms with E-state index in [1.54, 1.807) is 0 Å². The molecule has 0 aliphatic heterocycles. The summed E-state index contributed by atoms with van der Waals surface area (Å²) in [5, 5.41) is 0.307. The summed E-state index contributed by atoms with van der Waals surface area (Å²) in [7, 11) is -5.87. The highest BCUT2D eigenvalue weighted by atomic mass is 28.4. The molecule has 0 saturated heterocycles. The first-order chi connectivity index (χ1) is 12.4. The van der Waals surface area contributed by atoms with Crippen molar-refractivity contribution in [2.45, 2.75) is 129 Å². The zero-order chi connectivity index (χ0) is 23.7. The Morgan fingerprint density at radius 2 is 1.17 bits per heavy atom. The van der Waals surface area contributed by atoms with Crippen LogP contribution in [-0.4, -0.2) is 43.5 Å². The van der Waals surface area contributed by atoms with Gasteiger partial charge < -0.3 is 13.8 Å². The van der Waals surface area contributed by atoms with Gasteiger partial charge in [0.15, 0.2) is 8.32 Å². The molecule has 174 valence electrons. The largest absolute Gasteiger partial charge is 0.518 e. The van der Waals surface area contributed by atoms with E-state index in [1.165, 1.54) is 0 Å². The van der Waals surface area contributed by atoms with Crippen LogP contribution in [0.4, 0.5) is 0 Å². The van der Waals surface area contributed by atoms with Crippen LogP contribution in [-0.2, 0) is 13.6 Å². The second kappa shape index (κ2) is 9.27. The van der Waals surface area contributed by atoms with Crippen LogP contribution in [0.25, 0.3) is 0 Å². The van der Waals surface area contributed by atoms with Crippen LogP contribution in [0.5, 0.6) is 0 Å². The number of carbonyl (C=O) groups is 1. The van der Waals surface area contributed by atoms with Crippen molar-refractivity contribution < 1.29 is 13.6 Å². The molecule has 7 heteroatoms. The third-order valence-electron chi connectivity index (χ3n) is 7.53. The molecule has 1 unspecified atom stereocenters. The molecule has 0 radical (unpaired) electrons. The van der Waals surface area contributed by atoms with Gasteiger partial charge in [-0.05, 0) is 47.7 Å². The molecule has 1 atom stereocenters. The van der Waals surface area contributed by atoms with Crippen molar-refractivity contribution in [2.24, 2.45) is 0 Å². The van der Waals surface area contributed by atoms with Crippen LogP contribution < -0.4 is 4.98 Å². The average molecular weight is 462 g/mol. The number of hydrogen-bond acceptors (Lipinski definition) is 4. The third-order valence-corrected chi connectivity index (χ3v) is 21.2. The quantitative estimate of drug-likeness (QED) is 0.399. The van der Waals surface area contributed by atoms with E-state index in [2.05, 4.69) is 107 Å². The molecule has 0 aliphatic rings. The van der Waals surface area contributed by atoms with Gasteiger partial charge in [0.1, 0.15) is 14.3 Å². The van der Waals surface area contributed by atoms with Crippen LogP contribution in [0.15, 0.2) is 0 Å². The van der Waals surface area contributed by atoms with Gasteiger partial charge in [-0.1, -0.05) is 75.4 Å². The topological polar surface area (TPSA) is 47.6 Å². The van der Waals surface area contributed by atoms with Crippen molar-refractivity contribution in [1.82, 2.24) is 4.98 Å². The van der Waals surface area contributed by atoms with Crippen molar-refractivity contribution in [3.63, 3.8) is 0 Å². The van der Waals surface area contributed by atoms with Crippen LogP contribution in [0, 0.1) is 0 Å². The van der Waals surface area contributed by atoms with Crippen LogP contribution in [0.1, 0.15) is 68.7 Å². The second-order valence-corrected chi connectivity index (χ2v) is 27.7. The molecule has 0 spiro atoms. The maximum atomic E-state index is 13.3. The summed E-state index contributed by atoms with van der Waals surface area (Å²) in [6, 6.07) is -0.310. The van der Waals surface area contributed by atoms with Gasteiger partial charge in [-0.15, -0.1) is 0 Å². The summed E-state index contributed by atoms with van der Waals surface area (Å²) < 4.78 is 12.6. The molecule has 29 heavy (non-hydrogen) atoms. The van der Waals surface area contributed by atoms with E-state index in [0.29, 0.717) is 13.0 Å². The highest BCUT2D eigenvalue weighted by molar-refractivity contribution is 6.78. The maximum Gasteiger partial charge on any atom is 0.309 e. The highest BCUT2D eigenvalue weighted by Crippen LogP contribution is 2.39. The monoisotopic (exact) mass is 461 g/mol. The first-order valence-electron chi connectivity index (χ1n) is 11.1. The summed E-state index contributed by atoms with van der Waals surface area (Å²) in [6.45, 7) is 34.0. The van der Waals surface area contributed by atoms with Crippen LogP contribution >= 0.6 is 0 Å². The zero-order valence-electron chi connectivity index (χ0n) is 22.2. The lowest BCUT2D eigenvalue weighted by Crippen LogP contribution is -2.60. The van der Waals surface area contributed by atoms with Gasteiger partial charge in [0.2, 0.25) is 0 Å². The second-order valence-electron chi connectivity index (χ2n) is 13.2. The Labute approximate surface area is 185 Å². The predicted octanol–water partition coefficient (Wildman–Crippen LogP) is 6.91. The van der Waals surface area contributed by atoms with E-state index >= 15 is 0 Å². The number of carbonyl (C=O) groups excluding carboxylic acids is 1. The Morgan fingerprint density at radius 3 is 1.52 bits per heavy atom. The Kier molecular flexibility index (Phi) is 9.28. The van der Waals surface area contributed by atoms with E-state index in [9.17, 15) is 4.79 Å². The molecule has 0 aromatic rings. The fourth-order valence-corrected chi connectivity index (χ4v) is 5.60. The molecule has 0 bridgehead atoms. The third kappa shape index (κ3) is 8.24. The first-order valence-corrected chi connectivity index (χ1v) is 19.9. The molecular weight excluding hydrogens is 411 g/mol. The van der Waals surface area contributed by atoms with Gasteiger partial charge >= 0.3 is 5.97 Å². The molecule has 0 aliphatic carbocycles. The predicted molar refractivity (Wildman–Crippen MR) is 135 cm³/mol. The molecule has 0 fully saturated rings. The molecule has 1 N–H and O–H groups in total. The van der Waals surface area contributed by atoms with E-state index in [-0.39, 0.29) is 27.1 Å². The molecule has 4 nitrogen and oxygen atoms in total. The Bertz CT molecular complexity index is 553. The summed E-state index contributed by atoms with van der Waals surface area (Å²) >= 11 is 0.